The first-order chi connectivity index (χ1) is 11.6. The van der Waals surface area contributed by atoms with Gasteiger partial charge in [0.25, 0.3) is 0 Å². The lowest BCUT2D eigenvalue weighted by atomic mass is 10.1. The number of aliphatic hydroxyl groups is 1. The van der Waals surface area contributed by atoms with E-state index in [4.69, 9.17) is 0 Å². The van der Waals surface area contributed by atoms with E-state index >= 15 is 0 Å². The zero-order valence-corrected chi connectivity index (χ0v) is 12.5. The van der Waals surface area contributed by atoms with Crippen LogP contribution >= 0.6 is 0 Å². The van der Waals surface area contributed by atoms with Gasteiger partial charge < -0.3 is 10.4 Å². The summed E-state index contributed by atoms with van der Waals surface area (Å²) in [5, 5.41) is 22.5. The van der Waals surface area contributed by atoms with Crippen LogP contribution in [0.1, 0.15) is 17.2 Å². The molecule has 0 aliphatic carbocycles. The van der Waals surface area contributed by atoms with Gasteiger partial charge in [-0.25, -0.2) is 8.78 Å². The predicted octanol–water partition coefficient (Wildman–Crippen LogP) is 3.53. The van der Waals surface area contributed by atoms with Gasteiger partial charge in [-0.05, 0) is 11.6 Å². The summed E-state index contributed by atoms with van der Waals surface area (Å²) in [4.78, 5) is 3.87. The fraction of sp³-hybridized carbons (Fsp3) is 0.111. The number of hydrogen-bond donors (Lipinski definition) is 2. The number of aliphatic hydroxyl groups excluding tert-OH is 1. The van der Waals surface area contributed by atoms with Crippen molar-refractivity contribution in [3.63, 3.8) is 0 Å². The molecule has 24 heavy (non-hydrogen) atoms. The maximum absolute atomic E-state index is 13.9. The quantitative estimate of drug-likeness (QED) is 0.770. The summed E-state index contributed by atoms with van der Waals surface area (Å²) < 4.78 is 27.4. The molecule has 0 radical (unpaired) electrons. The van der Waals surface area contributed by atoms with E-state index < -0.39 is 17.7 Å². The molecule has 0 aliphatic heterocycles. The summed E-state index contributed by atoms with van der Waals surface area (Å²) in [5.74, 6) is -1.57. The zero-order chi connectivity index (χ0) is 17.1. The van der Waals surface area contributed by atoms with Gasteiger partial charge in [0.15, 0.2) is 5.82 Å². The average molecular weight is 325 g/mol. The normalized spacial score (nSPS) is 11.9. The first-order valence-corrected chi connectivity index (χ1v) is 7.25. The smallest absolute Gasteiger partial charge is 0.152 e. The zero-order valence-electron chi connectivity index (χ0n) is 12.5. The number of nitriles is 1. The Kier molecular flexibility index (Phi) is 4.36. The van der Waals surface area contributed by atoms with Crippen molar-refractivity contribution in [2.24, 2.45) is 0 Å². The molecule has 0 amide bonds. The van der Waals surface area contributed by atoms with Crippen LogP contribution < -0.4 is 5.32 Å². The largest absolute Gasteiger partial charge is 0.387 e. The molecule has 0 saturated heterocycles. The molecular formula is C18H13F2N3O. The van der Waals surface area contributed by atoms with Crippen LogP contribution in [0.25, 0.3) is 10.9 Å². The van der Waals surface area contributed by atoms with E-state index in [9.17, 15) is 19.1 Å². The SMILES string of the molecule is N#Cc1cnc2c(F)cc(F)cc2c1NCC(O)c1ccccc1. The number of benzene rings is 2. The molecule has 1 atom stereocenters. The van der Waals surface area contributed by atoms with E-state index in [0.29, 0.717) is 5.56 Å². The third-order valence-corrected chi connectivity index (χ3v) is 3.67. The van der Waals surface area contributed by atoms with Crippen molar-refractivity contribution in [1.29, 1.82) is 5.26 Å². The summed E-state index contributed by atoms with van der Waals surface area (Å²) >= 11 is 0. The van der Waals surface area contributed by atoms with Gasteiger partial charge in [-0.15, -0.1) is 0 Å². The molecule has 2 aromatic carbocycles. The number of rotatable bonds is 4. The molecule has 0 bridgehead atoms. The molecule has 1 unspecified atom stereocenters. The molecule has 2 N–H and O–H groups in total. The number of hydrogen-bond acceptors (Lipinski definition) is 4. The standard InChI is InChI=1S/C18H13F2N3O/c19-13-6-14-17(12(8-21)9-22-18(14)15(20)7-13)23-10-16(24)11-4-2-1-3-5-11/h1-7,9,16,24H,10H2,(H,22,23). The summed E-state index contributed by atoms with van der Waals surface area (Å²) in [6.07, 6.45) is 0.389. The molecule has 1 heterocycles. The van der Waals surface area contributed by atoms with Crippen LogP contribution in [0.2, 0.25) is 0 Å². The second-order valence-corrected chi connectivity index (χ2v) is 5.25. The number of nitrogens with zero attached hydrogens (tertiary/aromatic N) is 2. The van der Waals surface area contributed by atoms with Crippen LogP contribution in [-0.4, -0.2) is 16.6 Å². The summed E-state index contributed by atoms with van der Waals surface area (Å²) in [6, 6.07) is 12.8. The van der Waals surface area contributed by atoms with Crippen molar-refractivity contribution in [3.8, 4) is 6.07 Å². The molecule has 4 nitrogen and oxygen atoms in total. The lowest BCUT2D eigenvalue weighted by Gasteiger charge is -2.15. The van der Waals surface area contributed by atoms with Crippen molar-refractivity contribution >= 4 is 16.6 Å². The van der Waals surface area contributed by atoms with E-state index in [1.165, 1.54) is 6.20 Å². The highest BCUT2D eigenvalue weighted by atomic mass is 19.1. The lowest BCUT2D eigenvalue weighted by molar-refractivity contribution is 0.191. The van der Waals surface area contributed by atoms with E-state index in [0.717, 1.165) is 12.1 Å². The van der Waals surface area contributed by atoms with E-state index in [2.05, 4.69) is 10.3 Å². The molecule has 1 aromatic heterocycles. The topological polar surface area (TPSA) is 68.9 Å². The third kappa shape index (κ3) is 3.03. The van der Waals surface area contributed by atoms with Crippen LogP contribution in [0.15, 0.2) is 48.7 Å². The fourth-order valence-electron chi connectivity index (χ4n) is 2.49. The van der Waals surface area contributed by atoms with Gasteiger partial charge in [0, 0.05) is 24.2 Å². The number of pyridine rings is 1. The van der Waals surface area contributed by atoms with Gasteiger partial charge >= 0.3 is 0 Å². The summed E-state index contributed by atoms with van der Waals surface area (Å²) in [6.45, 7) is 0.0793. The average Bonchev–Trinajstić information content (AvgIpc) is 2.60. The highest BCUT2D eigenvalue weighted by molar-refractivity contribution is 5.94. The molecule has 3 rings (SSSR count). The van der Waals surface area contributed by atoms with E-state index in [1.54, 1.807) is 24.3 Å². The van der Waals surface area contributed by atoms with E-state index in [-0.39, 0.29) is 28.7 Å². The Balaban J connectivity index is 1.97. The first kappa shape index (κ1) is 15.8. The molecule has 6 heteroatoms. The van der Waals surface area contributed by atoms with Crippen LogP contribution in [0.3, 0.4) is 0 Å². The minimum Gasteiger partial charge on any atom is -0.387 e. The molecule has 0 spiro atoms. The Labute approximate surface area is 137 Å². The summed E-state index contributed by atoms with van der Waals surface area (Å²) in [7, 11) is 0. The Hall–Kier alpha value is -3.04. The van der Waals surface area contributed by atoms with Gasteiger partial charge in [-0.1, -0.05) is 30.3 Å². The van der Waals surface area contributed by atoms with Gasteiger partial charge in [-0.3, -0.25) is 4.98 Å². The second kappa shape index (κ2) is 6.60. The number of anilines is 1. The Morgan fingerprint density at radius 1 is 1.21 bits per heavy atom. The predicted molar refractivity (Wildman–Crippen MR) is 86.3 cm³/mol. The van der Waals surface area contributed by atoms with Gasteiger partial charge in [0.2, 0.25) is 0 Å². The van der Waals surface area contributed by atoms with Crippen LogP contribution in [0, 0.1) is 23.0 Å². The van der Waals surface area contributed by atoms with Gasteiger partial charge in [0.1, 0.15) is 17.4 Å². The van der Waals surface area contributed by atoms with Crippen molar-refractivity contribution in [1.82, 2.24) is 4.98 Å². The maximum Gasteiger partial charge on any atom is 0.152 e. The maximum atomic E-state index is 13.9. The van der Waals surface area contributed by atoms with Crippen LogP contribution in [0.5, 0.6) is 0 Å². The molecule has 3 aromatic rings. The molecular weight excluding hydrogens is 312 g/mol. The Morgan fingerprint density at radius 2 is 1.96 bits per heavy atom. The summed E-state index contributed by atoms with van der Waals surface area (Å²) in [5.41, 5.74) is 1.05. The Bertz CT molecular complexity index is 923. The second-order valence-electron chi connectivity index (χ2n) is 5.25. The minimum atomic E-state index is -0.834. The monoisotopic (exact) mass is 325 g/mol. The highest BCUT2D eigenvalue weighted by Gasteiger charge is 2.15. The molecule has 0 fully saturated rings. The number of fused-ring (bicyclic) bond motifs is 1. The minimum absolute atomic E-state index is 0.0351. The van der Waals surface area contributed by atoms with Gasteiger partial charge in [0.05, 0.1) is 17.4 Å². The fourth-order valence-corrected chi connectivity index (χ4v) is 2.49. The molecule has 0 aliphatic rings. The van der Waals surface area contributed by atoms with Crippen LogP contribution in [-0.2, 0) is 0 Å². The molecule has 0 saturated carbocycles. The third-order valence-electron chi connectivity index (χ3n) is 3.67. The van der Waals surface area contributed by atoms with Crippen molar-refractivity contribution < 1.29 is 13.9 Å². The first-order valence-electron chi connectivity index (χ1n) is 7.25. The Morgan fingerprint density at radius 3 is 2.67 bits per heavy atom. The van der Waals surface area contributed by atoms with Crippen molar-refractivity contribution in [2.75, 3.05) is 11.9 Å². The van der Waals surface area contributed by atoms with Gasteiger partial charge in [-0.2, -0.15) is 5.26 Å². The molecule has 120 valence electrons. The highest BCUT2D eigenvalue weighted by Crippen LogP contribution is 2.29. The van der Waals surface area contributed by atoms with Crippen molar-refractivity contribution in [2.45, 2.75) is 6.10 Å². The van der Waals surface area contributed by atoms with Crippen molar-refractivity contribution in [3.05, 3.63) is 71.4 Å². The lowest BCUT2D eigenvalue weighted by Crippen LogP contribution is -2.13. The number of halogens is 2. The number of nitrogens with one attached hydrogen (secondary N) is 1. The van der Waals surface area contributed by atoms with Crippen LogP contribution in [0.4, 0.5) is 14.5 Å². The number of aromatic nitrogens is 1. The van der Waals surface area contributed by atoms with E-state index in [1.807, 2.05) is 12.1 Å².